The van der Waals surface area contributed by atoms with E-state index < -0.39 is 30.0 Å². The molecule has 2 atom stereocenters. The van der Waals surface area contributed by atoms with E-state index in [-0.39, 0.29) is 6.54 Å². The third-order valence-corrected chi connectivity index (χ3v) is 1.61. The van der Waals surface area contributed by atoms with Gasteiger partial charge in [-0.15, -0.1) is 0 Å². The quantitative estimate of drug-likeness (QED) is 0.365. The van der Waals surface area contributed by atoms with E-state index in [1.165, 1.54) is 6.92 Å². The number of carbonyl (C=O) groups is 3. The van der Waals surface area contributed by atoms with E-state index in [9.17, 15) is 14.4 Å². The molecule has 0 fully saturated rings. The van der Waals surface area contributed by atoms with Gasteiger partial charge in [-0.3, -0.25) is 14.4 Å². The van der Waals surface area contributed by atoms with Crippen LogP contribution in [0.15, 0.2) is 0 Å². The smallest absolute Gasteiger partial charge is 0.320 e. The first-order valence-electron chi connectivity index (χ1n) is 5.84. The third kappa shape index (κ3) is 25.2. The van der Waals surface area contributed by atoms with Gasteiger partial charge in [-0.25, -0.2) is 0 Å². The van der Waals surface area contributed by atoms with Crippen molar-refractivity contribution in [1.29, 1.82) is 0 Å². The number of hydrogen-bond donors (Lipinski definition) is 6. The second-order valence-corrected chi connectivity index (χ2v) is 4.30. The molecule has 0 spiro atoms. The molecule has 120 valence electrons. The fourth-order valence-electron chi connectivity index (χ4n) is 0.609. The predicted octanol–water partition coefficient (Wildman–Crippen LogP) is -1.11. The molecule has 20 heavy (non-hydrogen) atoms. The summed E-state index contributed by atoms with van der Waals surface area (Å²) in [4.78, 5) is 28.9. The molecule has 0 saturated carbocycles. The molecule has 9 nitrogen and oxygen atoms in total. The molecule has 0 aliphatic heterocycles. The monoisotopic (exact) mass is 295 g/mol. The summed E-state index contributed by atoms with van der Waals surface area (Å²) >= 11 is 0. The SMILES string of the molecule is CC(C)C[C@H](N)C(=O)O.C[C@H](N)C(=O)O.NCC(=O)O. The summed E-state index contributed by atoms with van der Waals surface area (Å²) in [7, 11) is 0. The molecule has 0 aromatic heterocycles. The van der Waals surface area contributed by atoms with Gasteiger partial charge >= 0.3 is 17.9 Å². The van der Waals surface area contributed by atoms with Gasteiger partial charge in [0.2, 0.25) is 0 Å². The molecule has 0 aromatic rings. The van der Waals surface area contributed by atoms with Crippen molar-refractivity contribution in [2.45, 2.75) is 39.3 Å². The van der Waals surface area contributed by atoms with Gasteiger partial charge in [0.05, 0.1) is 6.54 Å². The lowest BCUT2D eigenvalue weighted by Gasteiger charge is -2.07. The summed E-state index contributed by atoms with van der Waals surface area (Å²) in [6.45, 7) is 5.04. The van der Waals surface area contributed by atoms with Crippen LogP contribution < -0.4 is 17.2 Å². The topological polar surface area (TPSA) is 190 Å². The van der Waals surface area contributed by atoms with Gasteiger partial charge in [0.15, 0.2) is 0 Å². The Hall–Kier alpha value is -1.71. The number of nitrogens with two attached hydrogens (primary N) is 3. The summed E-state index contributed by atoms with van der Waals surface area (Å²) in [6, 6.07) is -1.42. The number of aliphatic carboxylic acids is 3. The lowest BCUT2D eigenvalue weighted by Crippen LogP contribution is -2.31. The highest BCUT2D eigenvalue weighted by Gasteiger charge is 2.11. The lowest BCUT2D eigenvalue weighted by atomic mass is 10.1. The fraction of sp³-hybridized carbons (Fsp3) is 0.727. The van der Waals surface area contributed by atoms with Crippen LogP contribution in [0.2, 0.25) is 0 Å². The van der Waals surface area contributed by atoms with Crippen molar-refractivity contribution >= 4 is 17.9 Å². The van der Waals surface area contributed by atoms with Crippen molar-refractivity contribution in [3.63, 3.8) is 0 Å². The largest absolute Gasteiger partial charge is 0.480 e. The maximum atomic E-state index is 10.1. The minimum absolute atomic E-state index is 0.278. The van der Waals surface area contributed by atoms with Crippen molar-refractivity contribution in [1.82, 2.24) is 0 Å². The molecule has 9 heteroatoms. The van der Waals surface area contributed by atoms with Gasteiger partial charge in [-0.1, -0.05) is 13.8 Å². The van der Waals surface area contributed by atoms with Crippen LogP contribution in [0.25, 0.3) is 0 Å². The Bertz CT molecular complexity index is 294. The van der Waals surface area contributed by atoms with Crippen LogP contribution in [-0.4, -0.2) is 51.9 Å². The van der Waals surface area contributed by atoms with E-state index in [4.69, 9.17) is 26.8 Å². The van der Waals surface area contributed by atoms with E-state index >= 15 is 0 Å². The second kappa shape index (κ2) is 13.7. The van der Waals surface area contributed by atoms with Crippen LogP contribution in [0, 0.1) is 5.92 Å². The Balaban J connectivity index is -0.000000230. The maximum absolute atomic E-state index is 10.1. The molecule has 0 aromatic carbocycles. The van der Waals surface area contributed by atoms with E-state index in [0.717, 1.165) is 0 Å². The molecular weight excluding hydrogens is 270 g/mol. The van der Waals surface area contributed by atoms with Crippen LogP contribution >= 0.6 is 0 Å². The second-order valence-electron chi connectivity index (χ2n) is 4.30. The van der Waals surface area contributed by atoms with Gasteiger partial charge in [0.1, 0.15) is 12.1 Å². The Morgan fingerprint density at radius 1 is 0.950 bits per heavy atom. The number of carboxylic acid groups (broad SMARTS) is 3. The standard InChI is InChI=1S/C6H13NO2.C3H7NO2.C2H5NO2/c1-4(2)3-5(7)6(8)9;1-2(4)3(5)6;3-1-2(4)5/h4-5H,3,7H2,1-2H3,(H,8,9);2H,4H2,1H3,(H,5,6);1,3H2,(H,4,5)/t5-;2-;/m00./s1. The fourth-order valence-corrected chi connectivity index (χ4v) is 0.609. The zero-order chi connectivity index (χ0) is 16.9. The summed E-state index contributed by atoms with van der Waals surface area (Å²) in [5.41, 5.74) is 14.6. The molecule has 0 rings (SSSR count). The normalized spacial score (nSPS) is 12.2. The Labute approximate surface area is 117 Å². The van der Waals surface area contributed by atoms with Gasteiger partial charge in [0, 0.05) is 0 Å². The van der Waals surface area contributed by atoms with Crippen LogP contribution in [0.1, 0.15) is 27.2 Å². The van der Waals surface area contributed by atoms with E-state index in [2.05, 4.69) is 5.73 Å². The molecule has 9 N–H and O–H groups in total. The first-order valence-corrected chi connectivity index (χ1v) is 5.84. The van der Waals surface area contributed by atoms with Gasteiger partial charge in [-0.2, -0.15) is 0 Å². The molecule has 0 aliphatic carbocycles. The zero-order valence-electron chi connectivity index (χ0n) is 11.9. The van der Waals surface area contributed by atoms with Crippen LogP contribution in [0.4, 0.5) is 0 Å². The Kier molecular flexibility index (Phi) is 16.0. The van der Waals surface area contributed by atoms with E-state index in [1.807, 2.05) is 13.8 Å². The van der Waals surface area contributed by atoms with Crippen molar-refractivity contribution in [2.24, 2.45) is 23.1 Å². The molecular formula is C11H25N3O6. The van der Waals surface area contributed by atoms with Crippen molar-refractivity contribution in [3.8, 4) is 0 Å². The van der Waals surface area contributed by atoms with Crippen LogP contribution in [0.5, 0.6) is 0 Å². The molecule has 0 bridgehead atoms. The number of hydrogen-bond acceptors (Lipinski definition) is 6. The summed E-state index contributed by atoms with van der Waals surface area (Å²) < 4.78 is 0. The summed E-state index contributed by atoms with van der Waals surface area (Å²) in [5, 5.41) is 23.8. The molecule has 0 aliphatic rings. The number of rotatable bonds is 5. The van der Waals surface area contributed by atoms with E-state index in [1.54, 1.807) is 0 Å². The molecule has 0 saturated heterocycles. The predicted molar refractivity (Wildman–Crippen MR) is 73.0 cm³/mol. The van der Waals surface area contributed by atoms with Crippen LogP contribution in [-0.2, 0) is 14.4 Å². The first-order chi connectivity index (χ1) is 8.95. The Morgan fingerprint density at radius 3 is 1.30 bits per heavy atom. The van der Waals surface area contributed by atoms with Gasteiger partial charge in [-0.05, 0) is 19.3 Å². The summed E-state index contributed by atoms with van der Waals surface area (Å²) in [5.74, 6) is -2.49. The molecule has 0 heterocycles. The minimum atomic E-state index is -0.968. The first kappa shape index (κ1) is 23.4. The van der Waals surface area contributed by atoms with E-state index in [0.29, 0.717) is 12.3 Å². The van der Waals surface area contributed by atoms with Crippen LogP contribution in [0.3, 0.4) is 0 Å². The van der Waals surface area contributed by atoms with Crippen molar-refractivity contribution in [2.75, 3.05) is 6.54 Å². The highest BCUT2D eigenvalue weighted by Crippen LogP contribution is 2.01. The number of carboxylic acids is 3. The highest BCUT2D eigenvalue weighted by molar-refractivity contribution is 5.73. The maximum Gasteiger partial charge on any atom is 0.320 e. The highest BCUT2D eigenvalue weighted by atomic mass is 16.4. The summed E-state index contributed by atoms with van der Waals surface area (Å²) in [6.07, 6.45) is 0.551. The van der Waals surface area contributed by atoms with Crippen molar-refractivity contribution < 1.29 is 29.7 Å². The lowest BCUT2D eigenvalue weighted by molar-refractivity contribution is -0.139. The average molecular weight is 295 g/mol. The Morgan fingerprint density at radius 2 is 1.25 bits per heavy atom. The molecule has 0 unspecified atom stereocenters. The minimum Gasteiger partial charge on any atom is -0.480 e. The van der Waals surface area contributed by atoms with Gasteiger partial charge in [0.25, 0.3) is 0 Å². The van der Waals surface area contributed by atoms with Gasteiger partial charge < -0.3 is 32.5 Å². The zero-order valence-corrected chi connectivity index (χ0v) is 11.9. The molecule has 0 amide bonds. The third-order valence-electron chi connectivity index (χ3n) is 1.61. The van der Waals surface area contributed by atoms with Crippen molar-refractivity contribution in [3.05, 3.63) is 0 Å². The average Bonchev–Trinajstić information content (AvgIpc) is 2.29. The molecule has 0 radical (unpaired) electrons.